The van der Waals surface area contributed by atoms with Gasteiger partial charge in [0.15, 0.2) is 5.76 Å². The lowest BCUT2D eigenvalue weighted by Crippen LogP contribution is -2.37. The Morgan fingerprint density at radius 3 is 2.69 bits per heavy atom. The fourth-order valence-corrected chi connectivity index (χ4v) is 3.51. The highest BCUT2D eigenvalue weighted by Gasteiger charge is 2.33. The Morgan fingerprint density at radius 1 is 1.15 bits per heavy atom. The van der Waals surface area contributed by atoms with Gasteiger partial charge in [-0.05, 0) is 45.4 Å². The maximum absolute atomic E-state index is 12.9. The highest BCUT2D eigenvalue weighted by Crippen LogP contribution is 2.43. The molecule has 26 heavy (non-hydrogen) atoms. The van der Waals surface area contributed by atoms with Gasteiger partial charge in [-0.15, -0.1) is 0 Å². The molecule has 0 radical (unpaired) electrons. The standard InChI is InChI=1S/C22H23NO3/c1-13(2)23-11-17-10-18-20(24)19(9-16-7-5-6-14(3)8-16)26-22(18)15(4)21(17)25-12-23/h5-10,13H,11-12H2,1-4H3/b19-9-. The number of allylic oxidation sites excluding steroid dienone is 1. The van der Waals surface area contributed by atoms with Gasteiger partial charge in [0.05, 0.1) is 5.56 Å². The van der Waals surface area contributed by atoms with Crippen LogP contribution in [0.2, 0.25) is 0 Å². The first-order valence-corrected chi connectivity index (χ1v) is 8.98. The Kier molecular flexibility index (Phi) is 4.08. The van der Waals surface area contributed by atoms with E-state index in [1.807, 2.05) is 50.3 Å². The van der Waals surface area contributed by atoms with Gasteiger partial charge in [0.25, 0.3) is 0 Å². The number of aryl methyl sites for hydroxylation is 1. The fourth-order valence-electron chi connectivity index (χ4n) is 3.51. The molecule has 134 valence electrons. The second-order valence-electron chi connectivity index (χ2n) is 7.33. The van der Waals surface area contributed by atoms with Crippen molar-refractivity contribution in [3.05, 3.63) is 63.9 Å². The van der Waals surface area contributed by atoms with Crippen LogP contribution in [0.1, 0.15) is 46.5 Å². The maximum Gasteiger partial charge on any atom is 0.231 e. The number of nitrogens with zero attached hydrogens (tertiary/aromatic N) is 1. The fraction of sp³-hybridized carbons (Fsp3) is 0.318. The third kappa shape index (κ3) is 2.80. The van der Waals surface area contributed by atoms with Crippen molar-refractivity contribution >= 4 is 11.9 Å². The molecular weight excluding hydrogens is 326 g/mol. The topological polar surface area (TPSA) is 38.8 Å². The van der Waals surface area contributed by atoms with Crippen LogP contribution in [0.15, 0.2) is 36.1 Å². The number of hydrogen-bond acceptors (Lipinski definition) is 4. The molecule has 0 bridgehead atoms. The molecule has 4 nitrogen and oxygen atoms in total. The normalized spacial score (nSPS) is 17.9. The molecule has 0 aromatic heterocycles. The Morgan fingerprint density at radius 2 is 1.96 bits per heavy atom. The molecule has 0 N–H and O–H groups in total. The molecule has 4 heteroatoms. The molecule has 2 aliphatic heterocycles. The maximum atomic E-state index is 12.9. The molecule has 2 aromatic rings. The van der Waals surface area contributed by atoms with Crippen molar-refractivity contribution in [1.29, 1.82) is 0 Å². The van der Waals surface area contributed by atoms with Gasteiger partial charge < -0.3 is 9.47 Å². The number of ketones is 1. The van der Waals surface area contributed by atoms with E-state index in [0.717, 1.165) is 34.5 Å². The van der Waals surface area contributed by atoms with Crippen LogP contribution in [0.3, 0.4) is 0 Å². The summed E-state index contributed by atoms with van der Waals surface area (Å²) in [6.45, 7) is 9.63. The van der Waals surface area contributed by atoms with Crippen LogP contribution >= 0.6 is 0 Å². The number of ether oxygens (including phenoxy) is 2. The van der Waals surface area contributed by atoms with Gasteiger partial charge in [0.2, 0.25) is 5.78 Å². The number of carbonyl (C=O) groups excluding carboxylic acids is 1. The van der Waals surface area contributed by atoms with Crippen LogP contribution in [0.25, 0.3) is 6.08 Å². The van der Waals surface area contributed by atoms with Crippen molar-refractivity contribution in [1.82, 2.24) is 4.90 Å². The summed E-state index contributed by atoms with van der Waals surface area (Å²) < 4.78 is 11.9. The van der Waals surface area contributed by atoms with Crippen molar-refractivity contribution in [2.24, 2.45) is 0 Å². The van der Waals surface area contributed by atoms with Crippen LogP contribution in [0.4, 0.5) is 0 Å². The van der Waals surface area contributed by atoms with E-state index in [2.05, 4.69) is 18.7 Å². The molecule has 4 rings (SSSR count). The summed E-state index contributed by atoms with van der Waals surface area (Å²) in [6.07, 6.45) is 1.81. The molecule has 2 aliphatic rings. The predicted molar refractivity (Wildman–Crippen MR) is 101 cm³/mol. The van der Waals surface area contributed by atoms with Gasteiger partial charge in [-0.3, -0.25) is 9.69 Å². The number of carbonyl (C=O) groups is 1. The summed E-state index contributed by atoms with van der Waals surface area (Å²) in [5.74, 6) is 1.79. The van der Waals surface area contributed by atoms with Gasteiger partial charge in [-0.1, -0.05) is 29.8 Å². The van der Waals surface area contributed by atoms with Crippen molar-refractivity contribution in [3.8, 4) is 11.5 Å². The Balaban J connectivity index is 1.72. The summed E-state index contributed by atoms with van der Waals surface area (Å²) in [4.78, 5) is 15.1. The lowest BCUT2D eigenvalue weighted by molar-refractivity contribution is 0.0678. The minimum atomic E-state index is -0.0610. The second-order valence-corrected chi connectivity index (χ2v) is 7.33. The van der Waals surface area contributed by atoms with Crippen LogP contribution in [0, 0.1) is 13.8 Å². The number of fused-ring (bicyclic) bond motifs is 2. The van der Waals surface area contributed by atoms with E-state index in [9.17, 15) is 4.79 Å². The number of rotatable bonds is 2. The summed E-state index contributed by atoms with van der Waals surface area (Å²) >= 11 is 0. The number of Topliss-reactive ketones (excluding diaryl/α,β-unsaturated/α-hetero) is 1. The van der Waals surface area contributed by atoms with E-state index in [0.29, 0.717) is 29.8 Å². The summed E-state index contributed by atoms with van der Waals surface area (Å²) in [7, 11) is 0. The van der Waals surface area contributed by atoms with E-state index >= 15 is 0 Å². The predicted octanol–water partition coefficient (Wildman–Crippen LogP) is 4.48. The Labute approximate surface area is 154 Å². The molecule has 2 aromatic carbocycles. The molecule has 0 aliphatic carbocycles. The average molecular weight is 349 g/mol. The van der Waals surface area contributed by atoms with Gasteiger partial charge in [0.1, 0.15) is 18.2 Å². The van der Waals surface area contributed by atoms with E-state index in [1.54, 1.807) is 0 Å². The van der Waals surface area contributed by atoms with Crippen molar-refractivity contribution in [3.63, 3.8) is 0 Å². The van der Waals surface area contributed by atoms with Crippen LogP contribution in [0.5, 0.6) is 11.5 Å². The third-order valence-corrected chi connectivity index (χ3v) is 5.03. The first-order chi connectivity index (χ1) is 12.4. The lowest BCUT2D eigenvalue weighted by atomic mass is 9.99. The van der Waals surface area contributed by atoms with E-state index in [-0.39, 0.29) is 5.78 Å². The monoisotopic (exact) mass is 349 g/mol. The summed E-state index contributed by atoms with van der Waals surface area (Å²) in [6, 6.07) is 10.3. The first kappa shape index (κ1) is 16.9. The largest absolute Gasteiger partial charge is 0.477 e. The quantitative estimate of drug-likeness (QED) is 0.750. The second kappa shape index (κ2) is 6.29. The minimum absolute atomic E-state index is 0.0610. The number of hydrogen-bond donors (Lipinski definition) is 0. The highest BCUT2D eigenvalue weighted by atomic mass is 16.5. The minimum Gasteiger partial charge on any atom is -0.477 e. The first-order valence-electron chi connectivity index (χ1n) is 8.98. The Hall–Kier alpha value is -2.59. The molecule has 2 heterocycles. The molecule has 0 atom stereocenters. The molecular formula is C22H23NO3. The zero-order valence-corrected chi connectivity index (χ0v) is 15.6. The van der Waals surface area contributed by atoms with Gasteiger partial charge in [-0.2, -0.15) is 0 Å². The molecule has 0 fully saturated rings. The van der Waals surface area contributed by atoms with E-state index in [1.165, 1.54) is 0 Å². The zero-order valence-electron chi connectivity index (χ0n) is 15.6. The summed E-state index contributed by atoms with van der Waals surface area (Å²) in [5, 5.41) is 0. The number of benzene rings is 2. The molecule has 0 amide bonds. The smallest absolute Gasteiger partial charge is 0.231 e. The molecule has 0 saturated heterocycles. The van der Waals surface area contributed by atoms with E-state index in [4.69, 9.17) is 9.47 Å². The molecule has 0 unspecified atom stereocenters. The van der Waals surface area contributed by atoms with Gasteiger partial charge in [-0.25, -0.2) is 0 Å². The summed E-state index contributed by atoms with van der Waals surface area (Å²) in [5.41, 5.74) is 4.70. The highest BCUT2D eigenvalue weighted by molar-refractivity contribution is 6.15. The Bertz CT molecular complexity index is 927. The van der Waals surface area contributed by atoms with Crippen molar-refractivity contribution in [2.45, 2.75) is 40.3 Å². The third-order valence-electron chi connectivity index (χ3n) is 5.03. The van der Waals surface area contributed by atoms with Crippen molar-refractivity contribution in [2.75, 3.05) is 6.73 Å². The lowest BCUT2D eigenvalue weighted by Gasteiger charge is -2.32. The molecule has 0 spiro atoms. The SMILES string of the molecule is Cc1cccc(/C=C2\Oc3c(cc4c(c3C)OCN(C(C)C)C4)C2=O)c1. The van der Waals surface area contributed by atoms with Crippen LogP contribution in [-0.4, -0.2) is 23.5 Å². The van der Waals surface area contributed by atoms with Crippen LogP contribution < -0.4 is 9.47 Å². The van der Waals surface area contributed by atoms with Crippen LogP contribution in [-0.2, 0) is 6.54 Å². The average Bonchev–Trinajstić information content (AvgIpc) is 2.91. The van der Waals surface area contributed by atoms with Gasteiger partial charge in [0, 0.05) is 23.7 Å². The molecule has 0 saturated carbocycles. The van der Waals surface area contributed by atoms with E-state index < -0.39 is 0 Å². The van der Waals surface area contributed by atoms with Crippen molar-refractivity contribution < 1.29 is 14.3 Å². The van der Waals surface area contributed by atoms with Gasteiger partial charge >= 0.3 is 0 Å². The zero-order chi connectivity index (χ0) is 18.4.